The molecule has 1 fully saturated rings. The molecule has 1 saturated heterocycles. The number of halogens is 2. The van der Waals surface area contributed by atoms with Gasteiger partial charge in [-0.25, -0.2) is 0 Å². The van der Waals surface area contributed by atoms with E-state index in [2.05, 4.69) is 20.1 Å². The first-order valence-corrected chi connectivity index (χ1v) is 8.79. The van der Waals surface area contributed by atoms with Crippen LogP contribution in [0.15, 0.2) is 17.1 Å². The maximum absolute atomic E-state index is 11.6. The lowest BCUT2D eigenvalue weighted by atomic mass is 10.0. The van der Waals surface area contributed by atoms with Gasteiger partial charge in [0.25, 0.3) is 0 Å². The summed E-state index contributed by atoms with van der Waals surface area (Å²) in [6.07, 6.45) is 0. The summed E-state index contributed by atoms with van der Waals surface area (Å²) in [6, 6.07) is 3.91. The molecule has 24 heavy (non-hydrogen) atoms. The number of rotatable bonds is 4. The molecule has 2 heterocycles. The van der Waals surface area contributed by atoms with Gasteiger partial charge < -0.3 is 16.0 Å². The molecule has 1 aromatic rings. The topological polar surface area (TPSA) is 74.0 Å². The molecular formula is C15H25ClIN5OS. The normalized spacial score (nSPS) is 16.7. The van der Waals surface area contributed by atoms with E-state index in [1.807, 2.05) is 26.0 Å². The Labute approximate surface area is 169 Å². The lowest BCUT2D eigenvalue weighted by Gasteiger charge is -2.43. The Morgan fingerprint density at radius 3 is 2.46 bits per heavy atom. The minimum Gasteiger partial charge on any atom is -0.368 e. The number of piperazine rings is 1. The molecule has 3 N–H and O–H groups in total. The summed E-state index contributed by atoms with van der Waals surface area (Å²) in [5.41, 5.74) is 4.88. The van der Waals surface area contributed by atoms with Gasteiger partial charge in [0, 0.05) is 38.1 Å². The number of nitrogens with zero attached hydrogens (tertiary/aromatic N) is 3. The molecule has 1 aliphatic heterocycles. The number of guanidine groups is 1. The molecule has 9 heteroatoms. The molecular weight excluding hydrogens is 461 g/mol. The van der Waals surface area contributed by atoms with Crippen LogP contribution in [0.2, 0.25) is 4.34 Å². The molecule has 0 atom stereocenters. The highest BCUT2D eigenvalue weighted by Gasteiger charge is 2.35. The zero-order valence-electron chi connectivity index (χ0n) is 14.2. The minimum absolute atomic E-state index is 0. The number of thiophene rings is 1. The standard InChI is InChI=1S/C15H24ClN5OS.HI/c1-15(2,13(17)22)21-8-6-20(7-9-21)14(18-3)19-10-11-4-5-12(16)23-11;/h4-5H,6-10H2,1-3H3,(H2,17,22)(H,18,19);1H. The highest BCUT2D eigenvalue weighted by molar-refractivity contribution is 14.0. The van der Waals surface area contributed by atoms with Crippen LogP contribution in [0, 0.1) is 0 Å². The Kier molecular flexibility index (Phi) is 8.24. The van der Waals surface area contributed by atoms with E-state index in [1.165, 1.54) is 4.88 Å². The summed E-state index contributed by atoms with van der Waals surface area (Å²) in [4.78, 5) is 21.4. The first-order valence-electron chi connectivity index (χ1n) is 7.59. The minimum atomic E-state index is -0.614. The number of hydrogen-bond donors (Lipinski definition) is 2. The van der Waals surface area contributed by atoms with Gasteiger partial charge in [-0.2, -0.15) is 0 Å². The Morgan fingerprint density at radius 1 is 1.38 bits per heavy atom. The van der Waals surface area contributed by atoms with Crippen LogP contribution in [0.3, 0.4) is 0 Å². The third-order valence-corrected chi connectivity index (χ3v) is 5.47. The second-order valence-corrected chi connectivity index (χ2v) is 7.80. The van der Waals surface area contributed by atoms with E-state index in [-0.39, 0.29) is 29.9 Å². The number of carbonyl (C=O) groups excluding carboxylic acids is 1. The molecule has 0 bridgehead atoms. The van der Waals surface area contributed by atoms with Crippen LogP contribution < -0.4 is 11.1 Å². The van der Waals surface area contributed by atoms with E-state index < -0.39 is 5.54 Å². The van der Waals surface area contributed by atoms with E-state index in [0.29, 0.717) is 6.54 Å². The average Bonchev–Trinajstić information content (AvgIpc) is 2.94. The van der Waals surface area contributed by atoms with Crippen LogP contribution in [-0.4, -0.2) is 60.4 Å². The second-order valence-electron chi connectivity index (χ2n) is 6.00. The molecule has 0 aliphatic carbocycles. The van der Waals surface area contributed by atoms with Crippen molar-refractivity contribution in [1.82, 2.24) is 15.1 Å². The van der Waals surface area contributed by atoms with Crippen molar-refractivity contribution in [3.63, 3.8) is 0 Å². The number of aliphatic imine (C=N–C) groups is 1. The largest absolute Gasteiger partial charge is 0.368 e. The van der Waals surface area contributed by atoms with Gasteiger partial charge in [0.15, 0.2) is 5.96 Å². The third kappa shape index (κ3) is 5.21. The molecule has 0 aromatic carbocycles. The summed E-state index contributed by atoms with van der Waals surface area (Å²) in [5.74, 6) is 0.578. The summed E-state index contributed by atoms with van der Waals surface area (Å²) in [7, 11) is 1.78. The van der Waals surface area contributed by atoms with Gasteiger partial charge in [-0.3, -0.25) is 14.7 Å². The van der Waals surface area contributed by atoms with Gasteiger partial charge in [0.2, 0.25) is 5.91 Å². The van der Waals surface area contributed by atoms with Crippen LogP contribution in [0.5, 0.6) is 0 Å². The van der Waals surface area contributed by atoms with Crippen molar-refractivity contribution >= 4 is 58.8 Å². The Bertz CT molecular complexity index is 584. The average molecular weight is 486 g/mol. The van der Waals surface area contributed by atoms with Crippen LogP contribution in [0.1, 0.15) is 18.7 Å². The van der Waals surface area contributed by atoms with Crippen molar-refractivity contribution in [1.29, 1.82) is 0 Å². The second kappa shape index (κ2) is 9.21. The SMILES string of the molecule is CN=C(NCc1ccc(Cl)s1)N1CCN(C(C)(C)C(N)=O)CC1.I. The Morgan fingerprint density at radius 2 is 2.00 bits per heavy atom. The number of primary amides is 1. The van der Waals surface area contributed by atoms with Gasteiger partial charge in [-0.05, 0) is 26.0 Å². The molecule has 1 aromatic heterocycles. The lowest BCUT2D eigenvalue weighted by molar-refractivity contribution is -0.129. The molecule has 1 aliphatic rings. The molecule has 0 spiro atoms. The number of amides is 1. The third-order valence-electron chi connectivity index (χ3n) is 4.23. The van der Waals surface area contributed by atoms with Crippen LogP contribution in [0.25, 0.3) is 0 Å². The fourth-order valence-corrected chi connectivity index (χ4v) is 3.61. The van der Waals surface area contributed by atoms with E-state index in [9.17, 15) is 4.79 Å². The molecule has 136 valence electrons. The zero-order valence-corrected chi connectivity index (χ0v) is 18.1. The van der Waals surface area contributed by atoms with E-state index in [0.717, 1.165) is 36.5 Å². The first kappa shape index (κ1) is 21.5. The van der Waals surface area contributed by atoms with Gasteiger partial charge in [-0.1, -0.05) is 11.6 Å². The number of hydrogen-bond acceptors (Lipinski definition) is 4. The van der Waals surface area contributed by atoms with Gasteiger partial charge >= 0.3 is 0 Å². The van der Waals surface area contributed by atoms with Crippen molar-refractivity contribution in [2.24, 2.45) is 10.7 Å². The fraction of sp³-hybridized carbons (Fsp3) is 0.600. The smallest absolute Gasteiger partial charge is 0.237 e. The number of nitrogens with two attached hydrogens (primary N) is 1. The monoisotopic (exact) mass is 485 g/mol. The first-order chi connectivity index (χ1) is 10.8. The zero-order chi connectivity index (χ0) is 17.0. The quantitative estimate of drug-likeness (QED) is 0.389. The highest BCUT2D eigenvalue weighted by atomic mass is 127. The van der Waals surface area contributed by atoms with E-state index in [1.54, 1.807) is 18.4 Å². The molecule has 2 rings (SSSR count). The van der Waals surface area contributed by atoms with Crippen molar-refractivity contribution in [3.05, 3.63) is 21.3 Å². The molecule has 0 saturated carbocycles. The van der Waals surface area contributed by atoms with Crippen molar-refractivity contribution < 1.29 is 4.79 Å². The van der Waals surface area contributed by atoms with E-state index in [4.69, 9.17) is 17.3 Å². The molecule has 0 unspecified atom stereocenters. The number of carbonyl (C=O) groups is 1. The Hall–Kier alpha value is -0.580. The van der Waals surface area contributed by atoms with Crippen LogP contribution in [-0.2, 0) is 11.3 Å². The maximum atomic E-state index is 11.6. The summed E-state index contributed by atoms with van der Waals surface area (Å²) in [6.45, 7) is 7.63. The summed E-state index contributed by atoms with van der Waals surface area (Å²) >= 11 is 7.51. The summed E-state index contributed by atoms with van der Waals surface area (Å²) in [5, 5.41) is 3.36. The Balaban J connectivity index is 0.00000288. The van der Waals surface area contributed by atoms with Crippen molar-refractivity contribution in [2.45, 2.75) is 25.9 Å². The predicted octanol–water partition coefficient (Wildman–Crippen LogP) is 1.98. The lowest BCUT2D eigenvalue weighted by Crippen LogP contribution is -2.61. The van der Waals surface area contributed by atoms with Gasteiger partial charge in [0.05, 0.1) is 16.4 Å². The van der Waals surface area contributed by atoms with Crippen LogP contribution >= 0.6 is 46.9 Å². The number of nitrogens with one attached hydrogen (secondary N) is 1. The highest BCUT2D eigenvalue weighted by Crippen LogP contribution is 2.21. The van der Waals surface area contributed by atoms with Crippen molar-refractivity contribution in [2.75, 3.05) is 33.2 Å². The van der Waals surface area contributed by atoms with Crippen molar-refractivity contribution in [3.8, 4) is 0 Å². The molecule has 0 radical (unpaired) electrons. The predicted molar refractivity (Wildman–Crippen MR) is 111 cm³/mol. The van der Waals surface area contributed by atoms with E-state index >= 15 is 0 Å². The summed E-state index contributed by atoms with van der Waals surface area (Å²) < 4.78 is 0.791. The molecule has 6 nitrogen and oxygen atoms in total. The molecule has 1 amide bonds. The van der Waals surface area contributed by atoms with Crippen LogP contribution in [0.4, 0.5) is 0 Å². The van der Waals surface area contributed by atoms with Gasteiger partial charge in [0.1, 0.15) is 0 Å². The maximum Gasteiger partial charge on any atom is 0.237 e. The van der Waals surface area contributed by atoms with Gasteiger partial charge in [-0.15, -0.1) is 35.3 Å². The fourth-order valence-electron chi connectivity index (χ4n) is 2.58.